The summed E-state index contributed by atoms with van der Waals surface area (Å²) in [6.45, 7) is 0. The molecule has 0 radical (unpaired) electrons. The first kappa shape index (κ1) is 13.9. The maximum absolute atomic E-state index is 12.8. The fraction of sp³-hybridized carbons (Fsp3) is 0.133. The number of hydrogen-bond acceptors (Lipinski definition) is 3. The van der Waals surface area contributed by atoms with Crippen LogP contribution in [-0.4, -0.2) is 20.1 Å². The molecule has 0 fully saturated rings. The molecule has 0 saturated heterocycles. The third-order valence-electron chi connectivity index (χ3n) is 2.72. The number of halogens is 1. The lowest BCUT2D eigenvalue weighted by molar-refractivity contribution is 0.102. The van der Waals surface area contributed by atoms with Crippen molar-refractivity contribution in [3.05, 3.63) is 53.8 Å². The molecule has 0 aliphatic heterocycles. The van der Waals surface area contributed by atoms with Crippen LogP contribution >= 0.6 is 0 Å². The summed E-state index contributed by atoms with van der Waals surface area (Å²) in [6.07, 6.45) is 0. The molecule has 20 heavy (non-hydrogen) atoms. The zero-order chi connectivity index (χ0) is 14.5. The summed E-state index contributed by atoms with van der Waals surface area (Å²) >= 11 is 0. The lowest BCUT2D eigenvalue weighted by Gasteiger charge is -2.10. The van der Waals surface area contributed by atoms with E-state index in [1.54, 1.807) is 18.2 Å². The number of anilines is 1. The van der Waals surface area contributed by atoms with Crippen molar-refractivity contribution in [2.45, 2.75) is 0 Å². The number of nitrogens with one attached hydrogen (secondary N) is 1. The maximum Gasteiger partial charge on any atom is 0.255 e. The Morgan fingerprint density at radius 1 is 1.00 bits per heavy atom. The Hall–Kier alpha value is -2.56. The van der Waals surface area contributed by atoms with Crippen molar-refractivity contribution in [1.29, 1.82) is 0 Å². The van der Waals surface area contributed by atoms with Crippen LogP contribution < -0.4 is 14.8 Å². The van der Waals surface area contributed by atoms with Gasteiger partial charge in [-0.25, -0.2) is 4.39 Å². The normalized spacial score (nSPS) is 9.95. The molecule has 1 amide bonds. The van der Waals surface area contributed by atoms with E-state index in [9.17, 15) is 9.18 Å². The van der Waals surface area contributed by atoms with Crippen LogP contribution in [0.4, 0.5) is 10.1 Å². The highest BCUT2D eigenvalue weighted by Crippen LogP contribution is 2.26. The molecule has 2 rings (SSSR count). The Kier molecular flexibility index (Phi) is 4.20. The topological polar surface area (TPSA) is 47.6 Å². The minimum absolute atomic E-state index is 0.333. The summed E-state index contributed by atoms with van der Waals surface area (Å²) in [5.74, 6) is 0.419. The van der Waals surface area contributed by atoms with Crippen LogP contribution in [0.5, 0.6) is 11.5 Å². The van der Waals surface area contributed by atoms with Gasteiger partial charge in [0, 0.05) is 29.4 Å². The molecule has 0 unspecified atom stereocenters. The van der Waals surface area contributed by atoms with Gasteiger partial charge in [0.15, 0.2) is 0 Å². The van der Waals surface area contributed by atoms with E-state index in [1.807, 2.05) is 0 Å². The molecule has 0 spiro atoms. The molecule has 0 aliphatic carbocycles. The highest BCUT2D eigenvalue weighted by atomic mass is 19.1. The van der Waals surface area contributed by atoms with Gasteiger partial charge in [-0.15, -0.1) is 0 Å². The summed E-state index contributed by atoms with van der Waals surface area (Å²) < 4.78 is 23.0. The van der Waals surface area contributed by atoms with Crippen LogP contribution in [0.25, 0.3) is 0 Å². The van der Waals surface area contributed by atoms with Gasteiger partial charge in [0.25, 0.3) is 5.91 Å². The molecule has 0 aliphatic rings. The van der Waals surface area contributed by atoms with Gasteiger partial charge in [-0.3, -0.25) is 4.79 Å². The first-order valence-corrected chi connectivity index (χ1v) is 5.92. The molecule has 4 nitrogen and oxygen atoms in total. The fourth-order valence-corrected chi connectivity index (χ4v) is 1.68. The molecule has 2 aromatic carbocycles. The molecule has 0 bridgehead atoms. The fourth-order valence-electron chi connectivity index (χ4n) is 1.68. The molecule has 2 aromatic rings. The molecule has 0 aromatic heterocycles. The van der Waals surface area contributed by atoms with Crippen LogP contribution in [0.3, 0.4) is 0 Å². The number of benzene rings is 2. The van der Waals surface area contributed by atoms with E-state index in [1.165, 1.54) is 38.5 Å². The molecule has 5 heteroatoms. The van der Waals surface area contributed by atoms with Crippen LogP contribution in [0.1, 0.15) is 10.4 Å². The third kappa shape index (κ3) is 3.26. The van der Waals surface area contributed by atoms with E-state index in [-0.39, 0.29) is 11.7 Å². The van der Waals surface area contributed by atoms with Crippen molar-refractivity contribution in [3.63, 3.8) is 0 Å². The van der Waals surface area contributed by atoms with E-state index in [4.69, 9.17) is 9.47 Å². The van der Waals surface area contributed by atoms with Crippen molar-refractivity contribution in [3.8, 4) is 11.5 Å². The Balaban J connectivity index is 2.20. The first-order valence-electron chi connectivity index (χ1n) is 5.92. The highest BCUT2D eigenvalue weighted by molar-refractivity contribution is 6.04. The Labute approximate surface area is 116 Å². The van der Waals surface area contributed by atoms with Gasteiger partial charge in [0.05, 0.1) is 14.2 Å². The Bertz CT molecular complexity index is 589. The number of carbonyl (C=O) groups is 1. The van der Waals surface area contributed by atoms with Crippen molar-refractivity contribution in [2.75, 3.05) is 19.5 Å². The Morgan fingerprint density at radius 3 is 2.05 bits per heavy atom. The second-order valence-electron chi connectivity index (χ2n) is 4.06. The van der Waals surface area contributed by atoms with Gasteiger partial charge in [0.2, 0.25) is 0 Å². The highest BCUT2D eigenvalue weighted by Gasteiger charge is 2.08. The van der Waals surface area contributed by atoms with Crippen LogP contribution in [-0.2, 0) is 0 Å². The molecule has 0 saturated carbocycles. The second kappa shape index (κ2) is 6.06. The molecular weight excluding hydrogens is 261 g/mol. The molecule has 104 valence electrons. The van der Waals surface area contributed by atoms with E-state index in [0.29, 0.717) is 22.7 Å². The average molecular weight is 275 g/mol. The number of ether oxygens (including phenoxy) is 2. The second-order valence-corrected chi connectivity index (χ2v) is 4.06. The average Bonchev–Trinajstić information content (AvgIpc) is 2.47. The standard InChI is InChI=1S/C15H14FNO3/c1-19-13-7-12(8-14(9-13)20-2)17-15(18)10-3-5-11(16)6-4-10/h3-9H,1-2H3,(H,17,18). The summed E-state index contributed by atoms with van der Waals surface area (Å²) in [5, 5.41) is 2.71. The van der Waals surface area contributed by atoms with Gasteiger partial charge < -0.3 is 14.8 Å². The van der Waals surface area contributed by atoms with Crippen molar-refractivity contribution in [2.24, 2.45) is 0 Å². The van der Waals surface area contributed by atoms with Gasteiger partial charge in [-0.05, 0) is 24.3 Å². The summed E-state index contributed by atoms with van der Waals surface area (Å²) in [4.78, 5) is 12.0. The van der Waals surface area contributed by atoms with Crippen LogP contribution in [0.15, 0.2) is 42.5 Å². The zero-order valence-corrected chi connectivity index (χ0v) is 11.1. The minimum atomic E-state index is -0.385. The molecule has 1 N–H and O–H groups in total. The number of rotatable bonds is 4. The minimum Gasteiger partial charge on any atom is -0.497 e. The summed E-state index contributed by atoms with van der Waals surface area (Å²) in [5.41, 5.74) is 0.906. The van der Waals surface area contributed by atoms with E-state index in [0.717, 1.165) is 0 Å². The zero-order valence-electron chi connectivity index (χ0n) is 11.1. The monoisotopic (exact) mass is 275 g/mol. The lowest BCUT2D eigenvalue weighted by atomic mass is 10.2. The van der Waals surface area contributed by atoms with E-state index < -0.39 is 0 Å². The van der Waals surface area contributed by atoms with Crippen molar-refractivity contribution in [1.82, 2.24) is 0 Å². The summed E-state index contributed by atoms with van der Waals surface area (Å²) in [6, 6.07) is 10.4. The predicted octanol–water partition coefficient (Wildman–Crippen LogP) is 3.10. The van der Waals surface area contributed by atoms with Gasteiger partial charge >= 0.3 is 0 Å². The third-order valence-corrected chi connectivity index (χ3v) is 2.72. The predicted molar refractivity (Wildman–Crippen MR) is 73.9 cm³/mol. The molecule has 0 heterocycles. The number of carbonyl (C=O) groups excluding carboxylic acids is 1. The maximum atomic E-state index is 12.8. The molecule has 0 atom stereocenters. The lowest BCUT2D eigenvalue weighted by Crippen LogP contribution is -2.12. The smallest absolute Gasteiger partial charge is 0.255 e. The molecular formula is C15H14FNO3. The Morgan fingerprint density at radius 2 is 1.55 bits per heavy atom. The number of hydrogen-bond donors (Lipinski definition) is 1. The summed E-state index contributed by atoms with van der Waals surface area (Å²) in [7, 11) is 3.06. The van der Waals surface area contributed by atoms with Crippen LogP contribution in [0, 0.1) is 5.82 Å². The van der Waals surface area contributed by atoms with Crippen LogP contribution in [0.2, 0.25) is 0 Å². The first-order chi connectivity index (χ1) is 9.62. The van der Waals surface area contributed by atoms with Gasteiger partial charge in [-0.2, -0.15) is 0 Å². The van der Waals surface area contributed by atoms with Crippen molar-refractivity contribution < 1.29 is 18.7 Å². The van der Waals surface area contributed by atoms with E-state index >= 15 is 0 Å². The SMILES string of the molecule is COc1cc(NC(=O)c2ccc(F)cc2)cc(OC)c1. The quantitative estimate of drug-likeness (QED) is 0.932. The largest absolute Gasteiger partial charge is 0.497 e. The number of amides is 1. The van der Waals surface area contributed by atoms with Gasteiger partial charge in [0.1, 0.15) is 17.3 Å². The van der Waals surface area contributed by atoms with Crippen molar-refractivity contribution >= 4 is 11.6 Å². The number of methoxy groups -OCH3 is 2. The van der Waals surface area contributed by atoms with Gasteiger partial charge in [-0.1, -0.05) is 0 Å². The van der Waals surface area contributed by atoms with E-state index in [2.05, 4.69) is 5.32 Å².